The van der Waals surface area contributed by atoms with Gasteiger partial charge in [0.1, 0.15) is 11.6 Å². The second kappa shape index (κ2) is 5.52. The van der Waals surface area contributed by atoms with Crippen LogP contribution in [0.4, 0.5) is 4.39 Å². The summed E-state index contributed by atoms with van der Waals surface area (Å²) in [5, 5.41) is 12.2. The standard InChI is InChI=1S/C15H14FNO2/c1-10-6-7-14(18)12(8-10)15(19)17-9-11-4-2-3-5-13(11)16/h2-8,18H,9H2,1H3,(H,17,19). The smallest absolute Gasteiger partial charge is 0.255 e. The van der Waals surface area contributed by atoms with Crippen molar-refractivity contribution in [1.29, 1.82) is 0 Å². The number of aromatic hydroxyl groups is 1. The Morgan fingerprint density at radius 2 is 2.00 bits per heavy atom. The molecule has 0 spiro atoms. The van der Waals surface area contributed by atoms with Crippen LogP contribution in [0.25, 0.3) is 0 Å². The maximum Gasteiger partial charge on any atom is 0.255 e. The van der Waals surface area contributed by atoms with E-state index >= 15 is 0 Å². The second-order valence-electron chi connectivity index (χ2n) is 4.29. The van der Waals surface area contributed by atoms with Crippen molar-refractivity contribution in [2.75, 3.05) is 0 Å². The van der Waals surface area contributed by atoms with Crippen molar-refractivity contribution in [3.8, 4) is 5.75 Å². The average Bonchev–Trinajstić information content (AvgIpc) is 2.40. The fourth-order valence-corrected chi connectivity index (χ4v) is 1.74. The molecule has 2 aromatic carbocycles. The van der Waals surface area contributed by atoms with E-state index in [1.54, 1.807) is 30.3 Å². The summed E-state index contributed by atoms with van der Waals surface area (Å²) in [4.78, 5) is 11.9. The number of amides is 1. The van der Waals surface area contributed by atoms with Gasteiger partial charge in [0.25, 0.3) is 5.91 Å². The molecule has 1 amide bonds. The van der Waals surface area contributed by atoms with Gasteiger partial charge in [-0.05, 0) is 25.1 Å². The number of phenols is 1. The van der Waals surface area contributed by atoms with E-state index in [0.717, 1.165) is 5.56 Å². The van der Waals surface area contributed by atoms with Gasteiger partial charge in [-0.1, -0.05) is 29.8 Å². The lowest BCUT2D eigenvalue weighted by molar-refractivity contribution is 0.0948. The number of nitrogens with one attached hydrogen (secondary N) is 1. The van der Waals surface area contributed by atoms with Crippen molar-refractivity contribution in [3.05, 3.63) is 65.0 Å². The van der Waals surface area contributed by atoms with Crippen LogP contribution in [0.3, 0.4) is 0 Å². The number of hydrogen-bond acceptors (Lipinski definition) is 2. The van der Waals surface area contributed by atoms with Crippen molar-refractivity contribution < 1.29 is 14.3 Å². The van der Waals surface area contributed by atoms with Crippen LogP contribution in [0.15, 0.2) is 42.5 Å². The van der Waals surface area contributed by atoms with Gasteiger partial charge in [-0.2, -0.15) is 0 Å². The number of benzene rings is 2. The van der Waals surface area contributed by atoms with E-state index in [1.165, 1.54) is 12.1 Å². The molecule has 2 rings (SSSR count). The summed E-state index contributed by atoms with van der Waals surface area (Å²) in [6.07, 6.45) is 0. The predicted molar refractivity (Wildman–Crippen MR) is 70.4 cm³/mol. The lowest BCUT2D eigenvalue weighted by atomic mass is 10.1. The molecule has 0 atom stereocenters. The Morgan fingerprint density at radius 1 is 1.26 bits per heavy atom. The number of rotatable bonds is 3. The topological polar surface area (TPSA) is 49.3 Å². The number of carbonyl (C=O) groups excluding carboxylic acids is 1. The molecule has 0 saturated carbocycles. The van der Waals surface area contributed by atoms with Gasteiger partial charge in [0.15, 0.2) is 0 Å². The summed E-state index contributed by atoms with van der Waals surface area (Å²) >= 11 is 0. The largest absolute Gasteiger partial charge is 0.507 e. The van der Waals surface area contributed by atoms with Crippen LogP contribution in [0.5, 0.6) is 5.75 Å². The Balaban J connectivity index is 2.10. The molecular weight excluding hydrogens is 245 g/mol. The zero-order chi connectivity index (χ0) is 13.8. The Labute approximate surface area is 110 Å². The molecule has 0 saturated heterocycles. The molecule has 0 aromatic heterocycles. The van der Waals surface area contributed by atoms with Crippen LogP contribution < -0.4 is 5.32 Å². The third-order valence-corrected chi connectivity index (χ3v) is 2.79. The number of halogens is 1. The van der Waals surface area contributed by atoms with E-state index in [1.807, 2.05) is 6.92 Å². The Hall–Kier alpha value is -2.36. The average molecular weight is 259 g/mol. The highest BCUT2D eigenvalue weighted by Gasteiger charge is 2.11. The molecular formula is C15H14FNO2. The predicted octanol–water partition coefficient (Wildman–Crippen LogP) is 2.77. The Morgan fingerprint density at radius 3 is 2.74 bits per heavy atom. The molecule has 0 radical (unpaired) electrons. The summed E-state index contributed by atoms with van der Waals surface area (Å²) in [6.45, 7) is 1.91. The highest BCUT2D eigenvalue weighted by Crippen LogP contribution is 2.18. The van der Waals surface area contributed by atoms with E-state index in [9.17, 15) is 14.3 Å². The minimum atomic E-state index is -0.426. The lowest BCUT2D eigenvalue weighted by Gasteiger charge is -2.08. The van der Waals surface area contributed by atoms with Gasteiger partial charge in [-0.3, -0.25) is 4.79 Å². The molecule has 4 heteroatoms. The third kappa shape index (κ3) is 3.10. The molecule has 0 fully saturated rings. The van der Waals surface area contributed by atoms with Crippen molar-refractivity contribution in [3.63, 3.8) is 0 Å². The van der Waals surface area contributed by atoms with Crippen LogP contribution in [0.1, 0.15) is 21.5 Å². The van der Waals surface area contributed by atoms with Crippen LogP contribution in [-0.4, -0.2) is 11.0 Å². The van der Waals surface area contributed by atoms with Gasteiger partial charge < -0.3 is 10.4 Å². The second-order valence-corrected chi connectivity index (χ2v) is 4.29. The molecule has 2 N–H and O–H groups in total. The molecule has 0 aliphatic rings. The highest BCUT2D eigenvalue weighted by atomic mass is 19.1. The molecule has 3 nitrogen and oxygen atoms in total. The van der Waals surface area contributed by atoms with Crippen molar-refractivity contribution in [1.82, 2.24) is 5.32 Å². The normalized spacial score (nSPS) is 10.2. The monoisotopic (exact) mass is 259 g/mol. The molecule has 0 heterocycles. The van der Waals surface area contributed by atoms with Gasteiger partial charge in [-0.15, -0.1) is 0 Å². The maximum atomic E-state index is 13.4. The molecule has 2 aromatic rings. The fourth-order valence-electron chi connectivity index (χ4n) is 1.74. The van der Waals surface area contributed by atoms with E-state index in [2.05, 4.69) is 5.32 Å². The zero-order valence-electron chi connectivity index (χ0n) is 10.5. The van der Waals surface area contributed by atoms with E-state index in [0.29, 0.717) is 5.56 Å². The van der Waals surface area contributed by atoms with Crippen LogP contribution >= 0.6 is 0 Å². The molecule has 0 bridgehead atoms. The van der Waals surface area contributed by atoms with Crippen molar-refractivity contribution in [2.45, 2.75) is 13.5 Å². The third-order valence-electron chi connectivity index (χ3n) is 2.79. The van der Waals surface area contributed by atoms with Gasteiger partial charge >= 0.3 is 0 Å². The van der Waals surface area contributed by atoms with Crippen molar-refractivity contribution in [2.24, 2.45) is 0 Å². The Kier molecular flexibility index (Phi) is 3.80. The van der Waals surface area contributed by atoms with E-state index in [-0.39, 0.29) is 23.7 Å². The van der Waals surface area contributed by atoms with Gasteiger partial charge in [0.05, 0.1) is 5.56 Å². The fraction of sp³-hybridized carbons (Fsp3) is 0.133. The lowest BCUT2D eigenvalue weighted by Crippen LogP contribution is -2.23. The summed E-state index contributed by atoms with van der Waals surface area (Å²) in [5.41, 5.74) is 1.47. The number of hydrogen-bond donors (Lipinski definition) is 2. The minimum absolute atomic E-state index is 0.0822. The molecule has 98 valence electrons. The summed E-state index contributed by atoms with van der Waals surface area (Å²) in [7, 11) is 0. The van der Waals surface area contributed by atoms with Gasteiger partial charge in [0, 0.05) is 12.1 Å². The minimum Gasteiger partial charge on any atom is -0.507 e. The van der Waals surface area contributed by atoms with Gasteiger partial charge in [-0.25, -0.2) is 4.39 Å². The molecule has 0 aliphatic heterocycles. The first-order chi connectivity index (χ1) is 9.08. The zero-order valence-corrected chi connectivity index (χ0v) is 10.5. The SMILES string of the molecule is Cc1ccc(O)c(C(=O)NCc2ccccc2F)c1. The van der Waals surface area contributed by atoms with E-state index < -0.39 is 5.91 Å². The molecule has 0 unspecified atom stereocenters. The summed E-state index contributed by atoms with van der Waals surface area (Å²) in [5.74, 6) is -0.877. The first kappa shape index (κ1) is 13.1. The maximum absolute atomic E-state index is 13.4. The highest BCUT2D eigenvalue weighted by molar-refractivity contribution is 5.96. The molecule has 0 aliphatic carbocycles. The number of carbonyl (C=O) groups is 1. The van der Waals surface area contributed by atoms with Crippen LogP contribution in [-0.2, 0) is 6.54 Å². The van der Waals surface area contributed by atoms with Crippen LogP contribution in [0, 0.1) is 12.7 Å². The number of phenolic OH excluding ortho intramolecular Hbond substituents is 1. The van der Waals surface area contributed by atoms with E-state index in [4.69, 9.17) is 0 Å². The van der Waals surface area contributed by atoms with Crippen LogP contribution in [0.2, 0.25) is 0 Å². The van der Waals surface area contributed by atoms with Gasteiger partial charge in [0.2, 0.25) is 0 Å². The summed E-state index contributed by atoms with van der Waals surface area (Å²) < 4.78 is 13.4. The summed E-state index contributed by atoms with van der Waals surface area (Å²) in [6, 6.07) is 11.0. The first-order valence-corrected chi connectivity index (χ1v) is 5.89. The van der Waals surface area contributed by atoms with Crippen molar-refractivity contribution >= 4 is 5.91 Å². The molecule has 19 heavy (non-hydrogen) atoms. The first-order valence-electron chi connectivity index (χ1n) is 5.89. The quantitative estimate of drug-likeness (QED) is 0.890. The number of aryl methyl sites for hydroxylation is 1. The Bertz CT molecular complexity index is 611.